The van der Waals surface area contributed by atoms with Crippen LogP contribution in [0.1, 0.15) is 43.9 Å². The quantitative estimate of drug-likeness (QED) is 0.321. The first-order chi connectivity index (χ1) is 18.9. The predicted octanol–water partition coefficient (Wildman–Crippen LogP) is 3.49. The van der Waals surface area contributed by atoms with Gasteiger partial charge in [0.25, 0.3) is 11.5 Å². The molecule has 5 rings (SSSR count). The molecule has 0 bridgehead atoms. The summed E-state index contributed by atoms with van der Waals surface area (Å²) >= 11 is 1.17. The standard InChI is InChI=1S/C30H29N3O5S/c1-5-11-21-24(29(36)38-7-3)25(18-12-10-13-19(17-18)37-4)33-28(35)26(39-30(33)31-21)23-20-14-8-9-15-22(20)32(16-6-2)27(23)34/h6,8-10,12-15,17,25H,2,5,7,11,16H2,1,3-4H3/b26-23+/t25-/m1/s1. The third-order valence-corrected chi connectivity index (χ3v) is 7.79. The minimum Gasteiger partial charge on any atom is -0.497 e. The zero-order valence-electron chi connectivity index (χ0n) is 22.1. The number of para-hydroxylation sites is 1. The molecule has 2 aliphatic rings. The summed E-state index contributed by atoms with van der Waals surface area (Å²) in [5.74, 6) is -0.192. The van der Waals surface area contributed by atoms with Crippen LogP contribution in [0.3, 0.4) is 0 Å². The molecule has 0 fully saturated rings. The van der Waals surface area contributed by atoms with Crippen LogP contribution in [0, 0.1) is 0 Å². The lowest BCUT2D eigenvalue weighted by Crippen LogP contribution is -2.41. The van der Waals surface area contributed by atoms with Crippen molar-refractivity contribution in [2.75, 3.05) is 25.2 Å². The summed E-state index contributed by atoms with van der Waals surface area (Å²) in [6.07, 6.45) is 2.93. The first kappa shape index (κ1) is 26.4. The van der Waals surface area contributed by atoms with E-state index in [0.29, 0.717) is 51.5 Å². The highest BCUT2D eigenvalue weighted by atomic mass is 32.1. The van der Waals surface area contributed by atoms with Crippen LogP contribution >= 0.6 is 11.3 Å². The third kappa shape index (κ3) is 4.42. The van der Waals surface area contributed by atoms with E-state index in [1.165, 1.54) is 15.9 Å². The molecule has 0 spiro atoms. The molecule has 2 aliphatic heterocycles. The Morgan fingerprint density at radius 3 is 2.67 bits per heavy atom. The normalized spacial score (nSPS) is 17.5. The number of aromatic nitrogens is 1. The van der Waals surface area contributed by atoms with E-state index >= 15 is 0 Å². The van der Waals surface area contributed by atoms with Gasteiger partial charge in [-0.2, -0.15) is 0 Å². The average molecular weight is 544 g/mol. The molecule has 0 saturated heterocycles. The molecule has 3 heterocycles. The molecule has 0 saturated carbocycles. The van der Waals surface area contributed by atoms with Crippen molar-refractivity contribution in [3.63, 3.8) is 0 Å². The van der Waals surface area contributed by atoms with Crippen LogP contribution in [0.25, 0.3) is 5.57 Å². The van der Waals surface area contributed by atoms with Gasteiger partial charge in [0.05, 0.1) is 42.3 Å². The molecular formula is C30H29N3O5S. The lowest BCUT2D eigenvalue weighted by atomic mass is 9.94. The van der Waals surface area contributed by atoms with Gasteiger partial charge < -0.3 is 14.4 Å². The first-order valence-corrected chi connectivity index (χ1v) is 13.7. The van der Waals surface area contributed by atoms with E-state index in [-0.39, 0.29) is 22.6 Å². The molecule has 3 aromatic rings. The maximum absolute atomic E-state index is 14.2. The number of rotatable bonds is 8. The number of anilines is 1. The lowest BCUT2D eigenvalue weighted by molar-refractivity contribution is -0.139. The van der Waals surface area contributed by atoms with Gasteiger partial charge in [-0.1, -0.05) is 61.1 Å². The Kier molecular flexibility index (Phi) is 7.34. The minimum absolute atomic E-state index is 0.186. The topological polar surface area (TPSA) is 90.2 Å². The van der Waals surface area contributed by atoms with Gasteiger partial charge in [0, 0.05) is 12.1 Å². The van der Waals surface area contributed by atoms with Crippen LogP contribution in [0.5, 0.6) is 5.75 Å². The lowest BCUT2D eigenvalue weighted by Gasteiger charge is -2.26. The third-order valence-electron chi connectivity index (χ3n) is 6.74. The van der Waals surface area contributed by atoms with Gasteiger partial charge >= 0.3 is 5.97 Å². The number of methoxy groups -OCH3 is 1. The molecule has 1 amide bonds. The number of hydrogen-bond donors (Lipinski definition) is 0. The number of benzene rings is 2. The second-order valence-electron chi connectivity index (χ2n) is 9.11. The van der Waals surface area contributed by atoms with Crippen molar-refractivity contribution in [3.05, 3.63) is 103 Å². The highest BCUT2D eigenvalue weighted by molar-refractivity contribution is 7.07. The zero-order valence-corrected chi connectivity index (χ0v) is 22.9. The van der Waals surface area contributed by atoms with Gasteiger partial charge in [-0.3, -0.25) is 14.2 Å². The van der Waals surface area contributed by atoms with Gasteiger partial charge in [0.15, 0.2) is 4.80 Å². The maximum atomic E-state index is 14.2. The van der Waals surface area contributed by atoms with Crippen molar-refractivity contribution in [2.45, 2.75) is 32.7 Å². The Morgan fingerprint density at radius 1 is 1.15 bits per heavy atom. The Hall–Kier alpha value is -4.24. The number of carbonyl (C=O) groups is 2. The number of esters is 1. The fraction of sp³-hybridized carbons (Fsp3) is 0.267. The molecule has 0 N–H and O–H groups in total. The van der Waals surface area contributed by atoms with Crippen LogP contribution in [-0.4, -0.2) is 36.7 Å². The monoisotopic (exact) mass is 543 g/mol. The average Bonchev–Trinajstić information content (AvgIpc) is 3.41. The van der Waals surface area contributed by atoms with Crippen LogP contribution in [0.4, 0.5) is 5.69 Å². The van der Waals surface area contributed by atoms with Crippen LogP contribution in [-0.2, 0) is 14.3 Å². The highest BCUT2D eigenvalue weighted by Gasteiger charge is 2.37. The number of hydrogen-bond acceptors (Lipinski definition) is 7. The van der Waals surface area contributed by atoms with E-state index in [1.54, 1.807) is 37.1 Å². The molecule has 39 heavy (non-hydrogen) atoms. The van der Waals surface area contributed by atoms with E-state index in [4.69, 9.17) is 14.5 Å². The Balaban J connectivity index is 1.85. The number of carbonyl (C=O) groups excluding carboxylic acids is 2. The van der Waals surface area contributed by atoms with E-state index < -0.39 is 12.0 Å². The molecule has 9 heteroatoms. The Labute approximate surface area is 229 Å². The SMILES string of the molecule is C=CCN1C(=O)/C(=c2/sc3n(c2=O)[C@H](c2cccc(OC)c2)C(C(=O)OCC)=C(CCC)N=3)c2ccccc21. The van der Waals surface area contributed by atoms with E-state index in [0.717, 1.165) is 12.1 Å². The number of nitrogens with zero attached hydrogens (tertiary/aromatic N) is 3. The van der Waals surface area contributed by atoms with Crippen molar-refractivity contribution >= 4 is 34.5 Å². The van der Waals surface area contributed by atoms with Crippen molar-refractivity contribution in [1.29, 1.82) is 0 Å². The first-order valence-electron chi connectivity index (χ1n) is 12.9. The van der Waals surface area contributed by atoms with E-state index in [9.17, 15) is 14.4 Å². The van der Waals surface area contributed by atoms with Crippen molar-refractivity contribution in [1.82, 2.24) is 4.57 Å². The number of allylic oxidation sites excluding steroid dienone is 1. The molecule has 0 aliphatic carbocycles. The molecule has 2 aromatic carbocycles. The fourth-order valence-electron chi connectivity index (χ4n) is 5.11. The molecule has 0 radical (unpaired) electrons. The van der Waals surface area contributed by atoms with Crippen LogP contribution in [0.2, 0.25) is 0 Å². The van der Waals surface area contributed by atoms with Gasteiger partial charge in [-0.05, 0) is 37.1 Å². The number of amides is 1. The van der Waals surface area contributed by atoms with Crippen molar-refractivity contribution in [3.8, 4) is 5.75 Å². The zero-order chi connectivity index (χ0) is 27.7. The van der Waals surface area contributed by atoms with Gasteiger partial charge in [-0.15, -0.1) is 6.58 Å². The summed E-state index contributed by atoms with van der Waals surface area (Å²) in [6, 6.07) is 13.9. The number of fused-ring (bicyclic) bond motifs is 2. The second-order valence-corrected chi connectivity index (χ2v) is 10.1. The summed E-state index contributed by atoms with van der Waals surface area (Å²) in [5.41, 5.74) is 2.94. The Bertz CT molecular complexity index is 1700. The van der Waals surface area contributed by atoms with Crippen LogP contribution < -0.4 is 24.5 Å². The maximum Gasteiger partial charge on any atom is 0.338 e. The van der Waals surface area contributed by atoms with Gasteiger partial charge in [-0.25, -0.2) is 9.79 Å². The molecule has 8 nitrogen and oxygen atoms in total. The molecule has 0 unspecified atom stereocenters. The van der Waals surface area contributed by atoms with Crippen molar-refractivity contribution < 1.29 is 19.1 Å². The number of thiazole rings is 1. The number of ether oxygens (including phenoxy) is 2. The Morgan fingerprint density at radius 2 is 1.95 bits per heavy atom. The van der Waals surface area contributed by atoms with E-state index in [1.807, 2.05) is 43.3 Å². The summed E-state index contributed by atoms with van der Waals surface area (Å²) < 4.78 is 12.7. The summed E-state index contributed by atoms with van der Waals surface area (Å²) in [4.78, 5) is 48.1. The second kappa shape index (κ2) is 10.9. The molecule has 1 aromatic heterocycles. The molecular weight excluding hydrogens is 514 g/mol. The fourth-order valence-corrected chi connectivity index (χ4v) is 6.22. The smallest absolute Gasteiger partial charge is 0.338 e. The largest absolute Gasteiger partial charge is 0.497 e. The van der Waals surface area contributed by atoms with Crippen LogP contribution in [0.15, 0.2) is 82.2 Å². The van der Waals surface area contributed by atoms with E-state index in [2.05, 4.69) is 6.58 Å². The molecule has 200 valence electrons. The minimum atomic E-state index is -0.790. The van der Waals surface area contributed by atoms with Gasteiger partial charge in [0.1, 0.15) is 10.3 Å². The highest BCUT2D eigenvalue weighted by Crippen LogP contribution is 2.36. The van der Waals surface area contributed by atoms with Gasteiger partial charge in [0.2, 0.25) is 0 Å². The summed E-state index contributed by atoms with van der Waals surface area (Å²) in [5, 5.41) is 0. The van der Waals surface area contributed by atoms with Crippen molar-refractivity contribution in [2.24, 2.45) is 4.99 Å². The summed E-state index contributed by atoms with van der Waals surface area (Å²) in [7, 11) is 1.56. The summed E-state index contributed by atoms with van der Waals surface area (Å²) in [6.45, 7) is 8.03. The molecule has 1 atom stereocenters. The predicted molar refractivity (Wildman–Crippen MR) is 151 cm³/mol.